The van der Waals surface area contributed by atoms with Gasteiger partial charge < -0.3 is 9.47 Å². The highest BCUT2D eigenvalue weighted by atomic mass is 17.2. The summed E-state index contributed by atoms with van der Waals surface area (Å²) in [5.74, 6) is -5.71. The molecule has 0 aromatic heterocycles. The summed E-state index contributed by atoms with van der Waals surface area (Å²) in [6.45, 7) is 0. The van der Waals surface area contributed by atoms with Crippen LogP contribution < -0.4 is 0 Å². The Balaban J connectivity index is 1.47. The highest BCUT2D eigenvalue weighted by Gasteiger charge is 2.32. The highest BCUT2D eigenvalue weighted by molar-refractivity contribution is 6.16. The maximum Gasteiger partial charge on any atom is 0.386 e. The zero-order valence-corrected chi connectivity index (χ0v) is 13.5. The van der Waals surface area contributed by atoms with Gasteiger partial charge >= 0.3 is 35.8 Å². The van der Waals surface area contributed by atoms with E-state index in [1.54, 1.807) is 0 Å². The van der Waals surface area contributed by atoms with Gasteiger partial charge in [-0.2, -0.15) is 0 Å². The SMILES string of the molecule is O=C(OOC(=O)c1ccc2c(c1)C(=O)OC2=O)c1ccc2c(c1)C(=O)OC2=O. The first-order valence-corrected chi connectivity index (χ1v) is 7.59. The van der Waals surface area contributed by atoms with Crippen LogP contribution in [0.1, 0.15) is 62.1 Å². The van der Waals surface area contributed by atoms with Crippen LogP contribution in [-0.2, 0) is 19.2 Å². The number of carbonyl (C=O) groups excluding carboxylic acids is 6. The molecule has 2 aromatic carbocycles. The van der Waals surface area contributed by atoms with Gasteiger partial charge in [0.25, 0.3) is 0 Å². The summed E-state index contributed by atoms with van der Waals surface area (Å²) in [6, 6.07) is 6.90. The number of rotatable bonds is 2. The first-order valence-electron chi connectivity index (χ1n) is 7.59. The number of carbonyl (C=O) groups is 6. The molecule has 0 amide bonds. The summed E-state index contributed by atoms with van der Waals surface area (Å²) in [4.78, 5) is 78.6. The van der Waals surface area contributed by atoms with Gasteiger partial charge in [-0.1, -0.05) is 0 Å². The summed E-state index contributed by atoms with van der Waals surface area (Å²) in [7, 11) is 0. The minimum Gasteiger partial charge on any atom is -0.386 e. The maximum absolute atomic E-state index is 12.0. The van der Waals surface area contributed by atoms with E-state index in [0.29, 0.717) is 0 Å². The molecule has 2 aromatic rings. The van der Waals surface area contributed by atoms with Crippen LogP contribution in [0.4, 0.5) is 0 Å². The molecule has 0 bridgehead atoms. The molecule has 0 atom stereocenters. The van der Waals surface area contributed by atoms with Gasteiger partial charge in [-0.3, -0.25) is 0 Å². The second-order valence-corrected chi connectivity index (χ2v) is 5.62. The zero-order chi connectivity index (χ0) is 20.0. The predicted octanol–water partition coefficient (Wildman–Crippen LogP) is 1.24. The van der Waals surface area contributed by atoms with Gasteiger partial charge in [0.15, 0.2) is 0 Å². The molecular weight excluding hydrogens is 376 g/mol. The van der Waals surface area contributed by atoms with Crippen LogP contribution in [0.15, 0.2) is 36.4 Å². The molecule has 0 saturated carbocycles. The van der Waals surface area contributed by atoms with Gasteiger partial charge in [-0.05, 0) is 36.4 Å². The van der Waals surface area contributed by atoms with Crippen LogP contribution in [0, 0.1) is 0 Å². The molecule has 0 saturated heterocycles. The fourth-order valence-electron chi connectivity index (χ4n) is 2.60. The lowest BCUT2D eigenvalue weighted by Crippen LogP contribution is -2.13. The average Bonchev–Trinajstić information content (AvgIpc) is 3.14. The minimum absolute atomic E-state index is 0.00174. The van der Waals surface area contributed by atoms with Gasteiger partial charge in [-0.25, -0.2) is 38.5 Å². The Labute approximate surface area is 154 Å². The zero-order valence-electron chi connectivity index (χ0n) is 13.5. The van der Waals surface area contributed by atoms with Crippen molar-refractivity contribution >= 4 is 35.8 Å². The topological polar surface area (TPSA) is 139 Å². The third-order valence-electron chi connectivity index (χ3n) is 3.95. The van der Waals surface area contributed by atoms with Crippen molar-refractivity contribution < 1.29 is 48.0 Å². The van der Waals surface area contributed by atoms with Crippen LogP contribution in [0.5, 0.6) is 0 Å². The van der Waals surface area contributed by atoms with E-state index in [1.807, 2.05) is 0 Å². The molecule has 10 heteroatoms. The molecule has 2 heterocycles. The second kappa shape index (κ2) is 6.13. The van der Waals surface area contributed by atoms with Gasteiger partial charge in [0.05, 0.1) is 33.4 Å². The van der Waals surface area contributed by atoms with E-state index in [0.717, 1.165) is 12.1 Å². The summed E-state index contributed by atoms with van der Waals surface area (Å²) >= 11 is 0. The second-order valence-electron chi connectivity index (χ2n) is 5.62. The fraction of sp³-hybridized carbons (Fsp3) is 0. The van der Waals surface area contributed by atoms with Crippen molar-refractivity contribution in [3.63, 3.8) is 0 Å². The largest absolute Gasteiger partial charge is 0.386 e. The molecule has 138 valence electrons. The van der Waals surface area contributed by atoms with E-state index in [4.69, 9.17) is 0 Å². The maximum atomic E-state index is 12.0. The number of benzene rings is 2. The molecule has 2 aliphatic rings. The van der Waals surface area contributed by atoms with E-state index in [2.05, 4.69) is 19.2 Å². The van der Waals surface area contributed by atoms with Crippen LogP contribution in [0.3, 0.4) is 0 Å². The number of hydrogen-bond acceptors (Lipinski definition) is 10. The third kappa shape index (κ3) is 2.69. The van der Waals surface area contributed by atoms with Gasteiger partial charge in [0.2, 0.25) is 0 Å². The summed E-state index contributed by atoms with van der Waals surface area (Å²) < 4.78 is 8.80. The van der Waals surface area contributed by atoms with Crippen LogP contribution in [0.2, 0.25) is 0 Å². The standard InChI is InChI=1S/C18H6O10/c19-13(7-1-3-9-11(5-7)17(23)25-15(9)21)27-28-14(20)8-2-4-10-12(6-8)18(24)26-16(10)22/h1-6H. The van der Waals surface area contributed by atoms with Crippen molar-refractivity contribution in [1.82, 2.24) is 0 Å². The Morgan fingerprint density at radius 2 is 0.929 bits per heavy atom. The van der Waals surface area contributed by atoms with Crippen LogP contribution in [-0.4, -0.2) is 35.8 Å². The molecule has 0 unspecified atom stereocenters. The molecule has 0 aliphatic carbocycles. The Hall–Kier alpha value is -4.34. The molecular formula is C18H6O10. The molecule has 0 radical (unpaired) electrons. The normalized spacial score (nSPS) is 14.1. The van der Waals surface area contributed by atoms with Gasteiger partial charge in [0, 0.05) is 0 Å². The van der Waals surface area contributed by atoms with Crippen LogP contribution in [0.25, 0.3) is 0 Å². The lowest BCUT2D eigenvalue weighted by molar-refractivity contribution is -0.187. The summed E-state index contributed by atoms with van der Waals surface area (Å²) in [5.41, 5.74) is -0.570. The van der Waals surface area contributed by atoms with E-state index in [-0.39, 0.29) is 33.4 Å². The monoisotopic (exact) mass is 382 g/mol. The van der Waals surface area contributed by atoms with Crippen molar-refractivity contribution in [2.75, 3.05) is 0 Å². The number of cyclic esters (lactones) is 4. The predicted molar refractivity (Wildman–Crippen MR) is 83.2 cm³/mol. The number of ether oxygens (including phenoxy) is 2. The van der Waals surface area contributed by atoms with Crippen molar-refractivity contribution in [1.29, 1.82) is 0 Å². The molecule has 4 rings (SSSR count). The minimum atomic E-state index is -1.11. The van der Waals surface area contributed by atoms with E-state index in [9.17, 15) is 28.8 Å². The number of hydrogen-bond donors (Lipinski definition) is 0. The van der Waals surface area contributed by atoms with Crippen molar-refractivity contribution in [3.05, 3.63) is 69.8 Å². The fourth-order valence-corrected chi connectivity index (χ4v) is 2.60. The lowest BCUT2D eigenvalue weighted by Gasteiger charge is -2.04. The Kier molecular flexibility index (Phi) is 3.74. The van der Waals surface area contributed by atoms with Gasteiger partial charge in [0.1, 0.15) is 0 Å². The number of esters is 4. The van der Waals surface area contributed by atoms with E-state index < -0.39 is 35.8 Å². The Bertz CT molecular complexity index is 1040. The summed E-state index contributed by atoms with van der Waals surface area (Å²) in [5, 5.41) is 0. The molecule has 2 aliphatic heterocycles. The van der Waals surface area contributed by atoms with E-state index >= 15 is 0 Å². The molecule has 10 nitrogen and oxygen atoms in total. The smallest absolute Gasteiger partial charge is 0.386 e. The van der Waals surface area contributed by atoms with Crippen molar-refractivity contribution in [2.24, 2.45) is 0 Å². The van der Waals surface area contributed by atoms with Crippen molar-refractivity contribution in [2.45, 2.75) is 0 Å². The molecule has 0 N–H and O–H groups in total. The lowest BCUT2D eigenvalue weighted by atomic mass is 10.1. The van der Waals surface area contributed by atoms with Crippen molar-refractivity contribution in [3.8, 4) is 0 Å². The Morgan fingerprint density at radius 1 is 0.571 bits per heavy atom. The average molecular weight is 382 g/mol. The molecule has 0 fully saturated rings. The number of fused-ring (bicyclic) bond motifs is 2. The van der Waals surface area contributed by atoms with E-state index in [1.165, 1.54) is 24.3 Å². The quantitative estimate of drug-likeness (QED) is 0.322. The van der Waals surface area contributed by atoms with Crippen LogP contribution >= 0.6 is 0 Å². The Morgan fingerprint density at radius 3 is 1.32 bits per heavy atom. The highest BCUT2D eigenvalue weighted by Crippen LogP contribution is 2.23. The molecule has 28 heavy (non-hydrogen) atoms. The first-order chi connectivity index (χ1) is 13.3. The third-order valence-corrected chi connectivity index (χ3v) is 3.95. The summed E-state index contributed by atoms with van der Waals surface area (Å²) in [6.07, 6.45) is 0. The van der Waals surface area contributed by atoms with Gasteiger partial charge in [-0.15, -0.1) is 0 Å². The molecule has 0 spiro atoms. The first kappa shape index (κ1) is 17.1.